The summed E-state index contributed by atoms with van der Waals surface area (Å²) < 4.78 is 3.16. The molecule has 0 bridgehead atoms. The summed E-state index contributed by atoms with van der Waals surface area (Å²) in [7, 11) is 3.19. The Kier molecular flexibility index (Phi) is 5.52. The highest BCUT2D eigenvalue weighted by Gasteiger charge is 2.17. The Labute approximate surface area is 185 Å². The summed E-state index contributed by atoms with van der Waals surface area (Å²) in [5, 5.41) is 9.13. The fraction of sp³-hybridized carbons (Fsp3) is 0.250. The van der Waals surface area contributed by atoms with Crippen LogP contribution in [0.2, 0.25) is 0 Å². The molecular formula is C24H25N5O3. The number of benzene rings is 2. The van der Waals surface area contributed by atoms with E-state index >= 15 is 0 Å². The van der Waals surface area contributed by atoms with Crippen LogP contribution in [0.1, 0.15) is 30.9 Å². The normalized spacial score (nSPS) is 11.3. The molecule has 0 atom stereocenters. The van der Waals surface area contributed by atoms with Gasteiger partial charge in [-0.1, -0.05) is 50.2 Å². The number of hydrogen-bond acceptors (Lipinski definition) is 4. The highest BCUT2D eigenvalue weighted by molar-refractivity contribution is 5.85. The average molecular weight is 431 g/mol. The minimum Gasteiger partial charge on any atom is -0.465 e. The number of rotatable bonds is 5. The van der Waals surface area contributed by atoms with Crippen LogP contribution in [0.15, 0.2) is 59.5 Å². The standard InChI is InChI=1S/C24H25N5O3/c1-15(2)18-7-5-6-8-19(18)21-25-13-20-22(26-21)29(23(30)28(20)4)14-16-9-11-17(12-10-16)27(3)24(31)32/h5-13,15H,14H2,1-4H3,(H,31,32). The topological polar surface area (TPSA) is 93.2 Å². The van der Waals surface area contributed by atoms with Crippen LogP contribution in [0.4, 0.5) is 10.5 Å². The summed E-state index contributed by atoms with van der Waals surface area (Å²) in [6.07, 6.45) is 0.659. The van der Waals surface area contributed by atoms with E-state index in [2.05, 4.69) is 24.9 Å². The zero-order valence-corrected chi connectivity index (χ0v) is 18.5. The zero-order chi connectivity index (χ0) is 23.0. The maximum Gasteiger partial charge on any atom is 0.411 e. The van der Waals surface area contributed by atoms with Crippen molar-refractivity contribution in [2.24, 2.45) is 7.05 Å². The number of hydrogen-bond donors (Lipinski definition) is 1. The Hall–Kier alpha value is -3.94. The van der Waals surface area contributed by atoms with Gasteiger partial charge >= 0.3 is 11.8 Å². The second-order valence-electron chi connectivity index (χ2n) is 8.08. The molecule has 32 heavy (non-hydrogen) atoms. The van der Waals surface area contributed by atoms with Gasteiger partial charge in [-0.05, 0) is 29.2 Å². The van der Waals surface area contributed by atoms with Crippen LogP contribution in [0.5, 0.6) is 0 Å². The van der Waals surface area contributed by atoms with Crippen LogP contribution in [0, 0.1) is 0 Å². The van der Waals surface area contributed by atoms with E-state index in [4.69, 9.17) is 10.1 Å². The van der Waals surface area contributed by atoms with Crippen LogP contribution >= 0.6 is 0 Å². The molecule has 0 unspecified atom stereocenters. The number of carbonyl (C=O) groups is 1. The molecule has 8 nitrogen and oxygen atoms in total. The molecule has 0 saturated carbocycles. The number of fused-ring (bicyclic) bond motifs is 1. The van der Waals surface area contributed by atoms with Crippen LogP contribution in [-0.2, 0) is 13.6 Å². The van der Waals surface area contributed by atoms with Crippen molar-refractivity contribution in [3.8, 4) is 11.4 Å². The van der Waals surface area contributed by atoms with Crippen LogP contribution < -0.4 is 10.6 Å². The largest absolute Gasteiger partial charge is 0.465 e. The van der Waals surface area contributed by atoms with Crippen molar-refractivity contribution in [2.75, 3.05) is 11.9 Å². The molecule has 4 rings (SSSR count). The Morgan fingerprint density at radius 3 is 2.47 bits per heavy atom. The van der Waals surface area contributed by atoms with Gasteiger partial charge in [0.2, 0.25) is 0 Å². The summed E-state index contributed by atoms with van der Waals surface area (Å²) in [5.74, 6) is 0.894. The fourth-order valence-corrected chi connectivity index (χ4v) is 3.77. The first-order valence-corrected chi connectivity index (χ1v) is 10.3. The Bertz CT molecular complexity index is 1350. The number of nitrogens with zero attached hydrogens (tertiary/aromatic N) is 5. The third kappa shape index (κ3) is 3.75. The van der Waals surface area contributed by atoms with Gasteiger partial charge in [0.15, 0.2) is 11.5 Å². The molecule has 1 N–H and O–H groups in total. The molecule has 4 aromatic rings. The quantitative estimate of drug-likeness (QED) is 0.514. The predicted molar refractivity (Wildman–Crippen MR) is 124 cm³/mol. The first-order chi connectivity index (χ1) is 15.3. The van der Waals surface area contributed by atoms with Gasteiger partial charge in [0.25, 0.3) is 0 Å². The van der Waals surface area contributed by atoms with Crippen LogP contribution in [0.3, 0.4) is 0 Å². The van der Waals surface area contributed by atoms with Crippen molar-refractivity contribution in [3.63, 3.8) is 0 Å². The summed E-state index contributed by atoms with van der Waals surface area (Å²) in [4.78, 5) is 34.6. The van der Waals surface area contributed by atoms with Gasteiger partial charge < -0.3 is 5.11 Å². The molecule has 2 aromatic carbocycles. The number of imidazole rings is 1. The number of anilines is 1. The van der Waals surface area contributed by atoms with Crippen molar-refractivity contribution < 1.29 is 9.90 Å². The van der Waals surface area contributed by atoms with Gasteiger partial charge in [-0.3, -0.25) is 14.0 Å². The molecule has 0 aliphatic rings. The lowest BCUT2D eigenvalue weighted by Gasteiger charge is -2.13. The Morgan fingerprint density at radius 1 is 1.12 bits per heavy atom. The monoisotopic (exact) mass is 431 g/mol. The van der Waals surface area contributed by atoms with Crippen molar-refractivity contribution in [3.05, 3.63) is 76.3 Å². The molecule has 0 spiro atoms. The lowest BCUT2D eigenvalue weighted by Crippen LogP contribution is -2.24. The molecule has 8 heteroatoms. The lowest BCUT2D eigenvalue weighted by molar-refractivity contribution is 0.203. The summed E-state index contributed by atoms with van der Waals surface area (Å²) in [6, 6.07) is 15.1. The molecule has 0 saturated heterocycles. The van der Waals surface area contributed by atoms with E-state index in [1.165, 1.54) is 7.05 Å². The van der Waals surface area contributed by atoms with E-state index in [1.807, 2.05) is 30.3 Å². The third-order valence-electron chi connectivity index (χ3n) is 5.66. The summed E-state index contributed by atoms with van der Waals surface area (Å²) in [6.45, 7) is 4.57. The minimum atomic E-state index is -1.03. The van der Waals surface area contributed by atoms with E-state index in [0.717, 1.165) is 21.6 Å². The van der Waals surface area contributed by atoms with Crippen molar-refractivity contribution in [1.29, 1.82) is 0 Å². The second-order valence-corrected chi connectivity index (χ2v) is 8.08. The smallest absolute Gasteiger partial charge is 0.411 e. The average Bonchev–Trinajstić information content (AvgIpc) is 3.03. The highest BCUT2D eigenvalue weighted by Crippen LogP contribution is 2.27. The fourth-order valence-electron chi connectivity index (χ4n) is 3.77. The van der Waals surface area contributed by atoms with E-state index in [0.29, 0.717) is 35.1 Å². The number of aryl methyl sites for hydroxylation is 1. The number of aromatic nitrogens is 4. The molecule has 2 heterocycles. The van der Waals surface area contributed by atoms with Gasteiger partial charge in [0.05, 0.1) is 12.7 Å². The predicted octanol–water partition coefficient (Wildman–Crippen LogP) is 4.08. The number of amides is 1. The highest BCUT2D eigenvalue weighted by atomic mass is 16.4. The molecule has 2 aromatic heterocycles. The zero-order valence-electron chi connectivity index (χ0n) is 18.5. The maximum absolute atomic E-state index is 13.0. The van der Waals surface area contributed by atoms with Crippen LogP contribution in [0.25, 0.3) is 22.6 Å². The van der Waals surface area contributed by atoms with Crippen LogP contribution in [-0.4, -0.2) is 37.3 Å². The summed E-state index contributed by atoms with van der Waals surface area (Å²) in [5.41, 5.74) is 4.56. The van der Waals surface area contributed by atoms with Crippen molar-refractivity contribution in [2.45, 2.75) is 26.3 Å². The van der Waals surface area contributed by atoms with E-state index in [-0.39, 0.29) is 5.69 Å². The molecule has 0 radical (unpaired) electrons. The van der Waals surface area contributed by atoms with Gasteiger partial charge in [0.1, 0.15) is 5.52 Å². The van der Waals surface area contributed by atoms with Crippen molar-refractivity contribution >= 4 is 22.9 Å². The van der Waals surface area contributed by atoms with Gasteiger partial charge in [0, 0.05) is 25.3 Å². The maximum atomic E-state index is 13.0. The SMILES string of the molecule is CC(C)c1ccccc1-c1ncc2c(n1)n(Cc1ccc(N(C)C(=O)O)cc1)c(=O)n2C. The first-order valence-electron chi connectivity index (χ1n) is 10.3. The van der Waals surface area contributed by atoms with Gasteiger partial charge in [-0.15, -0.1) is 0 Å². The molecule has 0 fully saturated rings. The van der Waals surface area contributed by atoms with E-state index < -0.39 is 6.09 Å². The van der Waals surface area contributed by atoms with Crippen molar-refractivity contribution in [1.82, 2.24) is 19.1 Å². The molecule has 0 aliphatic carbocycles. The Morgan fingerprint density at radius 2 is 1.81 bits per heavy atom. The van der Waals surface area contributed by atoms with Gasteiger partial charge in [-0.2, -0.15) is 0 Å². The number of carboxylic acid groups (broad SMARTS) is 1. The molecule has 0 aliphatic heterocycles. The third-order valence-corrected chi connectivity index (χ3v) is 5.66. The second kappa shape index (κ2) is 8.30. The molecule has 164 valence electrons. The summed E-state index contributed by atoms with van der Waals surface area (Å²) >= 11 is 0. The van der Waals surface area contributed by atoms with E-state index in [9.17, 15) is 9.59 Å². The molecule has 1 amide bonds. The van der Waals surface area contributed by atoms with E-state index in [1.54, 1.807) is 34.5 Å². The molecular weight excluding hydrogens is 406 g/mol. The minimum absolute atomic E-state index is 0.185. The first kappa shape index (κ1) is 21.3. The van der Waals surface area contributed by atoms with Gasteiger partial charge in [-0.25, -0.2) is 19.6 Å². The Balaban J connectivity index is 1.77. The lowest BCUT2D eigenvalue weighted by atomic mass is 9.97.